The molecule has 16 heavy (non-hydrogen) atoms. The number of allylic oxidation sites excluding steroid dienone is 1. The highest BCUT2D eigenvalue weighted by Gasteiger charge is 2.06. The van der Waals surface area contributed by atoms with Crippen molar-refractivity contribution in [2.75, 3.05) is 0 Å². The van der Waals surface area contributed by atoms with E-state index in [0.717, 1.165) is 4.88 Å². The Morgan fingerprint density at radius 3 is 2.62 bits per heavy atom. The second-order valence-corrected chi connectivity index (χ2v) is 5.06. The quantitative estimate of drug-likeness (QED) is 0.606. The van der Waals surface area contributed by atoms with Crippen molar-refractivity contribution in [3.63, 3.8) is 0 Å². The third kappa shape index (κ3) is 2.76. The molecule has 2 nitrogen and oxygen atoms in total. The molecule has 0 atom stereocenters. The molecule has 0 fully saturated rings. The van der Waals surface area contributed by atoms with Crippen molar-refractivity contribution in [3.8, 4) is 0 Å². The zero-order chi connectivity index (χ0) is 11.5. The molecular formula is C11H6Cl2O2S. The van der Waals surface area contributed by atoms with Crippen molar-refractivity contribution in [3.05, 3.63) is 50.5 Å². The van der Waals surface area contributed by atoms with Crippen molar-refractivity contribution in [1.29, 1.82) is 0 Å². The molecule has 0 spiro atoms. The van der Waals surface area contributed by atoms with Gasteiger partial charge in [-0.3, -0.25) is 4.79 Å². The number of halogens is 2. The molecule has 0 aliphatic heterocycles. The molecule has 0 amide bonds. The van der Waals surface area contributed by atoms with Crippen LogP contribution in [0.15, 0.2) is 34.8 Å². The lowest BCUT2D eigenvalue weighted by Gasteiger charge is -1.87. The van der Waals surface area contributed by atoms with Crippen LogP contribution in [-0.4, -0.2) is 5.78 Å². The molecule has 0 radical (unpaired) electrons. The number of rotatable bonds is 3. The van der Waals surface area contributed by atoms with Crippen LogP contribution in [0.2, 0.25) is 9.56 Å². The summed E-state index contributed by atoms with van der Waals surface area (Å²) in [5.41, 5.74) is 0. The average Bonchev–Trinajstić information content (AvgIpc) is 2.84. The van der Waals surface area contributed by atoms with E-state index in [1.807, 2.05) is 6.07 Å². The summed E-state index contributed by atoms with van der Waals surface area (Å²) in [6.45, 7) is 0. The molecule has 2 aromatic heterocycles. The first-order chi connectivity index (χ1) is 7.65. The Hall–Kier alpha value is -1.03. The van der Waals surface area contributed by atoms with Crippen LogP contribution in [0.5, 0.6) is 0 Å². The van der Waals surface area contributed by atoms with Gasteiger partial charge in [0.2, 0.25) is 5.78 Å². The van der Waals surface area contributed by atoms with Crippen LogP contribution in [0.1, 0.15) is 15.4 Å². The van der Waals surface area contributed by atoms with Crippen LogP contribution >= 0.6 is 34.5 Å². The topological polar surface area (TPSA) is 30.2 Å². The van der Waals surface area contributed by atoms with Gasteiger partial charge in [0.05, 0.1) is 4.34 Å². The van der Waals surface area contributed by atoms with E-state index < -0.39 is 0 Å². The molecule has 0 unspecified atom stereocenters. The molecule has 0 saturated carbocycles. The highest BCUT2D eigenvalue weighted by atomic mass is 35.5. The zero-order valence-corrected chi connectivity index (χ0v) is 10.3. The molecular weight excluding hydrogens is 267 g/mol. The number of hydrogen-bond donors (Lipinski definition) is 0. The van der Waals surface area contributed by atoms with Crippen molar-refractivity contribution in [2.24, 2.45) is 0 Å². The molecule has 2 aromatic rings. The predicted octanol–water partition coefficient (Wildman–Crippen LogP) is 4.54. The van der Waals surface area contributed by atoms with Gasteiger partial charge in [-0.15, -0.1) is 11.3 Å². The molecule has 0 aliphatic carbocycles. The standard InChI is InChI=1S/C11H6Cl2O2S/c12-10-5-4-9(15-10)8(14)3-1-7-2-6-11(13)16-7/h1-6H/b3-1+. The van der Waals surface area contributed by atoms with Gasteiger partial charge in [0.15, 0.2) is 11.0 Å². The van der Waals surface area contributed by atoms with E-state index in [0.29, 0.717) is 4.34 Å². The average molecular weight is 273 g/mol. The van der Waals surface area contributed by atoms with E-state index in [1.165, 1.54) is 29.5 Å². The Morgan fingerprint density at radius 1 is 1.25 bits per heavy atom. The SMILES string of the molecule is O=C(/C=C/c1ccc(Cl)s1)c1ccc(Cl)o1. The summed E-state index contributed by atoms with van der Waals surface area (Å²) in [5.74, 6) is 0.000301. The van der Waals surface area contributed by atoms with E-state index >= 15 is 0 Å². The normalized spacial score (nSPS) is 11.1. The van der Waals surface area contributed by atoms with Gasteiger partial charge in [0, 0.05) is 4.88 Å². The molecule has 5 heteroatoms. The predicted molar refractivity (Wildman–Crippen MR) is 66.4 cm³/mol. The summed E-state index contributed by atoms with van der Waals surface area (Å²) in [6, 6.07) is 6.69. The van der Waals surface area contributed by atoms with Crippen LogP contribution < -0.4 is 0 Å². The smallest absolute Gasteiger partial charge is 0.221 e. The van der Waals surface area contributed by atoms with Gasteiger partial charge in [0.1, 0.15) is 0 Å². The Balaban J connectivity index is 2.10. The van der Waals surface area contributed by atoms with E-state index in [1.54, 1.807) is 12.1 Å². The molecule has 0 saturated heterocycles. The third-order valence-electron chi connectivity index (χ3n) is 1.81. The van der Waals surface area contributed by atoms with E-state index in [9.17, 15) is 4.79 Å². The van der Waals surface area contributed by atoms with Crippen molar-refractivity contribution in [2.45, 2.75) is 0 Å². The highest BCUT2D eigenvalue weighted by Crippen LogP contribution is 2.22. The van der Waals surface area contributed by atoms with Gasteiger partial charge in [-0.05, 0) is 48.0 Å². The second kappa shape index (κ2) is 4.87. The lowest BCUT2D eigenvalue weighted by molar-refractivity contribution is 0.102. The fourth-order valence-electron chi connectivity index (χ4n) is 1.10. The fraction of sp³-hybridized carbons (Fsp3) is 0. The summed E-state index contributed by atoms with van der Waals surface area (Å²) < 4.78 is 5.67. The lowest BCUT2D eigenvalue weighted by Crippen LogP contribution is -1.89. The molecule has 0 aliphatic rings. The molecule has 2 rings (SSSR count). The highest BCUT2D eigenvalue weighted by molar-refractivity contribution is 7.17. The van der Waals surface area contributed by atoms with Gasteiger partial charge in [-0.25, -0.2) is 0 Å². The maximum atomic E-state index is 11.6. The zero-order valence-electron chi connectivity index (χ0n) is 7.94. The maximum Gasteiger partial charge on any atom is 0.221 e. The number of hydrogen-bond acceptors (Lipinski definition) is 3. The van der Waals surface area contributed by atoms with Crippen LogP contribution in [0, 0.1) is 0 Å². The Labute approximate surface area is 106 Å². The van der Waals surface area contributed by atoms with Crippen molar-refractivity contribution < 1.29 is 9.21 Å². The molecule has 0 aromatic carbocycles. The largest absolute Gasteiger partial charge is 0.441 e. The van der Waals surface area contributed by atoms with Crippen molar-refractivity contribution >= 4 is 46.4 Å². The first kappa shape index (κ1) is 11.5. The van der Waals surface area contributed by atoms with Crippen molar-refractivity contribution in [1.82, 2.24) is 0 Å². The number of carbonyl (C=O) groups is 1. The Bertz CT molecular complexity index is 540. The Kier molecular flexibility index (Phi) is 3.49. The minimum Gasteiger partial charge on any atom is -0.441 e. The number of furan rings is 1. The summed E-state index contributed by atoms with van der Waals surface area (Å²) >= 11 is 12.7. The lowest BCUT2D eigenvalue weighted by atomic mass is 10.2. The van der Waals surface area contributed by atoms with Crippen LogP contribution in [0.25, 0.3) is 6.08 Å². The molecule has 0 bridgehead atoms. The minimum atomic E-state index is -0.226. The molecule has 2 heterocycles. The second-order valence-electron chi connectivity index (χ2n) is 2.94. The summed E-state index contributed by atoms with van der Waals surface area (Å²) in [6.07, 6.45) is 3.12. The molecule has 82 valence electrons. The Morgan fingerprint density at radius 2 is 2.06 bits per heavy atom. The fourth-order valence-corrected chi connectivity index (χ4v) is 2.21. The van der Waals surface area contributed by atoms with Gasteiger partial charge < -0.3 is 4.42 Å². The first-order valence-electron chi connectivity index (χ1n) is 4.38. The summed E-state index contributed by atoms with van der Waals surface area (Å²) in [5, 5.41) is 0.205. The van der Waals surface area contributed by atoms with Gasteiger partial charge in [-0.1, -0.05) is 11.6 Å². The van der Waals surface area contributed by atoms with Gasteiger partial charge >= 0.3 is 0 Å². The van der Waals surface area contributed by atoms with E-state index in [4.69, 9.17) is 27.6 Å². The van der Waals surface area contributed by atoms with Crippen LogP contribution in [-0.2, 0) is 0 Å². The molecule has 0 N–H and O–H groups in total. The van der Waals surface area contributed by atoms with Crippen LogP contribution in [0.4, 0.5) is 0 Å². The maximum absolute atomic E-state index is 11.6. The summed E-state index contributed by atoms with van der Waals surface area (Å²) in [7, 11) is 0. The summed E-state index contributed by atoms with van der Waals surface area (Å²) in [4.78, 5) is 12.5. The first-order valence-corrected chi connectivity index (χ1v) is 5.95. The van der Waals surface area contributed by atoms with Crippen LogP contribution in [0.3, 0.4) is 0 Å². The number of carbonyl (C=O) groups excluding carboxylic acids is 1. The number of thiophene rings is 1. The van der Waals surface area contributed by atoms with Gasteiger partial charge in [-0.2, -0.15) is 0 Å². The number of ketones is 1. The monoisotopic (exact) mass is 272 g/mol. The minimum absolute atomic E-state index is 0.205. The van der Waals surface area contributed by atoms with Gasteiger partial charge in [0.25, 0.3) is 0 Å². The third-order valence-corrected chi connectivity index (χ3v) is 3.21. The van der Waals surface area contributed by atoms with E-state index in [2.05, 4.69) is 0 Å². The van der Waals surface area contributed by atoms with E-state index in [-0.39, 0.29) is 16.8 Å².